The standard InChI is InChI=1S/C16H21NO2/c1-3-11-17-16(15-6-5-12-19-15)13-7-9-14(10-8-13)18-4-2/h5-10,12,16-17H,3-4,11H2,1-2H3. The first kappa shape index (κ1) is 13.7. The molecule has 19 heavy (non-hydrogen) atoms. The average molecular weight is 259 g/mol. The van der Waals surface area contributed by atoms with Gasteiger partial charge >= 0.3 is 0 Å². The summed E-state index contributed by atoms with van der Waals surface area (Å²) in [5.41, 5.74) is 1.19. The first-order valence-corrected chi connectivity index (χ1v) is 6.84. The van der Waals surface area contributed by atoms with Crippen LogP contribution in [0.15, 0.2) is 47.1 Å². The molecule has 0 bridgehead atoms. The van der Waals surface area contributed by atoms with Crippen molar-refractivity contribution in [1.29, 1.82) is 0 Å². The van der Waals surface area contributed by atoms with Gasteiger partial charge in [-0.25, -0.2) is 0 Å². The first-order valence-electron chi connectivity index (χ1n) is 6.84. The van der Waals surface area contributed by atoms with Crippen LogP contribution < -0.4 is 10.1 Å². The second kappa shape index (κ2) is 7.00. The fourth-order valence-electron chi connectivity index (χ4n) is 2.05. The van der Waals surface area contributed by atoms with Gasteiger partial charge in [0.2, 0.25) is 0 Å². The molecule has 1 aromatic carbocycles. The maximum Gasteiger partial charge on any atom is 0.125 e. The number of hydrogen-bond acceptors (Lipinski definition) is 3. The monoisotopic (exact) mass is 259 g/mol. The second-order valence-electron chi connectivity index (χ2n) is 4.40. The highest BCUT2D eigenvalue weighted by molar-refractivity contribution is 5.32. The molecule has 3 heteroatoms. The molecule has 1 heterocycles. The van der Waals surface area contributed by atoms with Crippen LogP contribution in [-0.2, 0) is 0 Å². The van der Waals surface area contributed by atoms with E-state index in [0.717, 1.165) is 24.5 Å². The van der Waals surface area contributed by atoms with E-state index in [1.54, 1.807) is 6.26 Å². The van der Waals surface area contributed by atoms with Gasteiger partial charge < -0.3 is 14.5 Å². The smallest absolute Gasteiger partial charge is 0.125 e. The van der Waals surface area contributed by atoms with Crippen LogP contribution in [0.2, 0.25) is 0 Å². The summed E-state index contributed by atoms with van der Waals surface area (Å²) >= 11 is 0. The fourth-order valence-corrected chi connectivity index (χ4v) is 2.05. The zero-order chi connectivity index (χ0) is 13.5. The average Bonchev–Trinajstić information content (AvgIpc) is 2.95. The quantitative estimate of drug-likeness (QED) is 0.822. The van der Waals surface area contributed by atoms with Crippen LogP contribution >= 0.6 is 0 Å². The zero-order valence-electron chi connectivity index (χ0n) is 11.6. The highest BCUT2D eigenvalue weighted by Crippen LogP contribution is 2.24. The molecule has 3 nitrogen and oxygen atoms in total. The molecule has 0 spiro atoms. The van der Waals surface area contributed by atoms with Gasteiger partial charge in [0.1, 0.15) is 11.5 Å². The molecule has 1 N–H and O–H groups in total. The van der Waals surface area contributed by atoms with Crippen LogP contribution in [0.5, 0.6) is 5.75 Å². The molecule has 1 aromatic heterocycles. The molecule has 0 fully saturated rings. The lowest BCUT2D eigenvalue weighted by Gasteiger charge is -2.17. The molecule has 0 amide bonds. The van der Waals surface area contributed by atoms with Gasteiger partial charge in [0, 0.05) is 0 Å². The third-order valence-electron chi connectivity index (χ3n) is 2.95. The Balaban J connectivity index is 2.17. The maximum atomic E-state index is 5.53. The molecule has 0 aliphatic heterocycles. The van der Waals surface area contributed by atoms with E-state index in [0.29, 0.717) is 6.61 Å². The highest BCUT2D eigenvalue weighted by Gasteiger charge is 2.15. The number of rotatable bonds is 7. The molecular weight excluding hydrogens is 238 g/mol. The van der Waals surface area contributed by atoms with E-state index in [4.69, 9.17) is 9.15 Å². The number of benzene rings is 1. The lowest BCUT2D eigenvalue weighted by Crippen LogP contribution is -2.22. The van der Waals surface area contributed by atoms with E-state index < -0.39 is 0 Å². The van der Waals surface area contributed by atoms with Crippen molar-refractivity contribution in [3.8, 4) is 5.75 Å². The van der Waals surface area contributed by atoms with Gasteiger partial charge in [-0.05, 0) is 49.7 Å². The molecule has 0 saturated carbocycles. The van der Waals surface area contributed by atoms with E-state index in [1.165, 1.54) is 5.56 Å². The molecule has 0 aliphatic carbocycles. The van der Waals surface area contributed by atoms with E-state index in [9.17, 15) is 0 Å². The van der Waals surface area contributed by atoms with Gasteiger partial charge in [-0.2, -0.15) is 0 Å². The fraction of sp³-hybridized carbons (Fsp3) is 0.375. The summed E-state index contributed by atoms with van der Waals surface area (Å²) in [6.07, 6.45) is 2.80. The SMILES string of the molecule is CCCNC(c1ccc(OCC)cc1)c1ccco1. The van der Waals surface area contributed by atoms with Crippen LogP contribution in [0.3, 0.4) is 0 Å². The highest BCUT2D eigenvalue weighted by atomic mass is 16.5. The Morgan fingerprint density at radius 1 is 1.16 bits per heavy atom. The second-order valence-corrected chi connectivity index (χ2v) is 4.40. The molecule has 2 aromatic rings. The number of ether oxygens (including phenoxy) is 1. The maximum absolute atomic E-state index is 5.53. The van der Waals surface area contributed by atoms with Crippen molar-refractivity contribution in [2.24, 2.45) is 0 Å². The van der Waals surface area contributed by atoms with Crippen LogP contribution in [0.4, 0.5) is 0 Å². The summed E-state index contributed by atoms with van der Waals surface area (Å²) in [4.78, 5) is 0. The zero-order valence-corrected chi connectivity index (χ0v) is 11.6. The van der Waals surface area contributed by atoms with Gasteiger partial charge in [0.15, 0.2) is 0 Å². The Morgan fingerprint density at radius 3 is 2.53 bits per heavy atom. The summed E-state index contributed by atoms with van der Waals surface area (Å²) in [5, 5.41) is 3.51. The summed E-state index contributed by atoms with van der Waals surface area (Å²) in [7, 11) is 0. The summed E-state index contributed by atoms with van der Waals surface area (Å²) in [6, 6.07) is 12.2. The Bertz CT molecular complexity index is 462. The van der Waals surface area contributed by atoms with Crippen molar-refractivity contribution in [3.63, 3.8) is 0 Å². The largest absolute Gasteiger partial charge is 0.494 e. The predicted octanol–water partition coefficient (Wildman–Crippen LogP) is 3.77. The molecule has 0 radical (unpaired) electrons. The van der Waals surface area contributed by atoms with Gasteiger partial charge in [0.05, 0.1) is 18.9 Å². The van der Waals surface area contributed by atoms with E-state index in [1.807, 2.05) is 31.2 Å². The summed E-state index contributed by atoms with van der Waals surface area (Å²) in [5.74, 6) is 1.84. The third-order valence-corrected chi connectivity index (χ3v) is 2.95. The third kappa shape index (κ3) is 3.61. The Hall–Kier alpha value is -1.74. The van der Waals surface area contributed by atoms with Crippen molar-refractivity contribution in [2.45, 2.75) is 26.3 Å². The van der Waals surface area contributed by atoms with Crippen molar-refractivity contribution in [1.82, 2.24) is 5.32 Å². The lowest BCUT2D eigenvalue weighted by molar-refractivity contribution is 0.340. The summed E-state index contributed by atoms with van der Waals surface area (Å²) in [6.45, 7) is 5.79. The van der Waals surface area contributed by atoms with Crippen LogP contribution in [-0.4, -0.2) is 13.2 Å². The van der Waals surface area contributed by atoms with Crippen molar-refractivity contribution in [3.05, 3.63) is 54.0 Å². The molecule has 2 rings (SSSR count). The Morgan fingerprint density at radius 2 is 1.95 bits per heavy atom. The van der Waals surface area contributed by atoms with E-state index >= 15 is 0 Å². The molecule has 1 unspecified atom stereocenters. The first-order chi connectivity index (χ1) is 9.35. The lowest BCUT2D eigenvalue weighted by atomic mass is 10.0. The minimum absolute atomic E-state index is 0.102. The molecular formula is C16H21NO2. The molecule has 0 saturated heterocycles. The Labute approximate surface area is 114 Å². The van der Waals surface area contributed by atoms with Crippen molar-refractivity contribution >= 4 is 0 Å². The van der Waals surface area contributed by atoms with Crippen molar-refractivity contribution in [2.75, 3.05) is 13.2 Å². The van der Waals surface area contributed by atoms with Crippen LogP contribution in [0.25, 0.3) is 0 Å². The van der Waals surface area contributed by atoms with Gasteiger partial charge in [-0.3, -0.25) is 0 Å². The minimum atomic E-state index is 0.102. The normalized spacial score (nSPS) is 12.3. The number of nitrogens with one attached hydrogen (secondary N) is 1. The molecule has 1 atom stereocenters. The van der Waals surface area contributed by atoms with E-state index in [2.05, 4.69) is 24.4 Å². The van der Waals surface area contributed by atoms with Gasteiger partial charge in [0.25, 0.3) is 0 Å². The predicted molar refractivity (Wildman–Crippen MR) is 76.5 cm³/mol. The number of furan rings is 1. The van der Waals surface area contributed by atoms with E-state index in [-0.39, 0.29) is 6.04 Å². The number of hydrogen-bond donors (Lipinski definition) is 1. The van der Waals surface area contributed by atoms with Gasteiger partial charge in [-0.15, -0.1) is 0 Å². The molecule has 0 aliphatic rings. The van der Waals surface area contributed by atoms with Crippen molar-refractivity contribution < 1.29 is 9.15 Å². The Kier molecular flexibility index (Phi) is 5.04. The van der Waals surface area contributed by atoms with Gasteiger partial charge in [-0.1, -0.05) is 19.1 Å². The van der Waals surface area contributed by atoms with Crippen LogP contribution in [0.1, 0.15) is 37.6 Å². The van der Waals surface area contributed by atoms with Crippen LogP contribution in [0, 0.1) is 0 Å². The summed E-state index contributed by atoms with van der Waals surface area (Å²) < 4.78 is 11.0. The molecule has 102 valence electrons. The topological polar surface area (TPSA) is 34.4 Å². The minimum Gasteiger partial charge on any atom is -0.494 e.